The minimum Gasteiger partial charge on any atom is -0.481 e. The molecule has 0 rings (SSSR count). The number of nitrogens with two attached hydrogens (primary N) is 3. The zero-order valence-electron chi connectivity index (χ0n) is 17.9. The summed E-state index contributed by atoms with van der Waals surface area (Å²) in [5.74, 6) is -6.34. The van der Waals surface area contributed by atoms with Crippen LogP contribution < -0.4 is 33.2 Å². The number of carbonyl (C=O) groups excluding carboxylic acids is 3. The van der Waals surface area contributed by atoms with Crippen molar-refractivity contribution in [3.8, 4) is 0 Å². The summed E-state index contributed by atoms with van der Waals surface area (Å²) >= 11 is 0. The number of amides is 3. The molecule has 5 unspecified atom stereocenters. The van der Waals surface area contributed by atoms with Gasteiger partial charge in [-0.1, -0.05) is 0 Å². The fourth-order valence-corrected chi connectivity index (χ4v) is 2.37. The van der Waals surface area contributed by atoms with Crippen molar-refractivity contribution < 1.29 is 44.4 Å². The fourth-order valence-electron chi connectivity index (χ4n) is 2.37. The van der Waals surface area contributed by atoms with Crippen molar-refractivity contribution in [1.82, 2.24) is 16.0 Å². The number of guanidine groups is 1. The van der Waals surface area contributed by atoms with Gasteiger partial charge < -0.3 is 53.6 Å². The van der Waals surface area contributed by atoms with E-state index >= 15 is 0 Å². The molecule has 0 aromatic rings. The number of aliphatic imine (C=N–C) groups is 1. The van der Waals surface area contributed by atoms with Crippen molar-refractivity contribution in [2.45, 2.75) is 56.5 Å². The second kappa shape index (κ2) is 14.5. The topological polar surface area (TPSA) is 293 Å². The molecule has 16 nitrogen and oxygen atoms in total. The first kappa shape index (κ1) is 29.5. The summed E-state index contributed by atoms with van der Waals surface area (Å²) in [6.07, 6.45) is -2.11. The lowest BCUT2D eigenvalue weighted by atomic mass is 10.1. The molecule has 5 atom stereocenters. The number of aliphatic carboxylic acids is 2. The number of nitrogens with one attached hydrogen (secondary N) is 3. The van der Waals surface area contributed by atoms with Crippen molar-refractivity contribution in [2.75, 3.05) is 13.2 Å². The molecule has 0 aromatic carbocycles. The normalized spacial score (nSPS) is 15.2. The van der Waals surface area contributed by atoms with Crippen LogP contribution in [0.25, 0.3) is 0 Å². The number of hydrogen-bond donors (Lipinski definition) is 10. The van der Waals surface area contributed by atoms with Crippen LogP contribution >= 0.6 is 0 Å². The van der Waals surface area contributed by atoms with Crippen LogP contribution in [-0.2, 0) is 24.0 Å². The first-order chi connectivity index (χ1) is 15.3. The second-order valence-electron chi connectivity index (χ2n) is 7.02. The fraction of sp³-hybridized carbons (Fsp3) is 0.647. The van der Waals surface area contributed by atoms with E-state index in [1.165, 1.54) is 6.92 Å². The van der Waals surface area contributed by atoms with Crippen molar-refractivity contribution in [3.63, 3.8) is 0 Å². The van der Waals surface area contributed by atoms with Gasteiger partial charge in [0.05, 0.1) is 19.1 Å². The van der Waals surface area contributed by atoms with Crippen LogP contribution in [0.2, 0.25) is 0 Å². The van der Waals surface area contributed by atoms with E-state index in [2.05, 4.69) is 15.6 Å². The molecule has 3 amide bonds. The number of aliphatic hydroxyl groups excluding tert-OH is 2. The standard InChI is InChI=1S/C17H31N7O9/c1-7(26)12(18)15(31)24-10(6-25)14(30)23-9(5-11(27)28)13(29)22-8(16(32)33)3-2-4-21-17(19)20/h7-10,12,25-26H,2-6,18H2,1H3,(H,22,29)(H,23,30)(H,24,31)(H,27,28)(H,32,33)(H4,19,20,21). The highest BCUT2D eigenvalue weighted by Crippen LogP contribution is 2.02. The summed E-state index contributed by atoms with van der Waals surface area (Å²) in [6, 6.07) is -6.20. The third-order valence-electron chi connectivity index (χ3n) is 4.21. The van der Waals surface area contributed by atoms with Gasteiger partial charge in [-0.05, 0) is 19.8 Å². The predicted molar refractivity (Wildman–Crippen MR) is 112 cm³/mol. The molecular formula is C17H31N7O9. The Kier molecular flexibility index (Phi) is 13.0. The van der Waals surface area contributed by atoms with Gasteiger partial charge in [0.2, 0.25) is 17.7 Å². The Morgan fingerprint density at radius 2 is 1.42 bits per heavy atom. The van der Waals surface area contributed by atoms with Gasteiger partial charge in [-0.15, -0.1) is 0 Å². The van der Waals surface area contributed by atoms with Gasteiger partial charge in [0.25, 0.3) is 0 Å². The summed E-state index contributed by atoms with van der Waals surface area (Å²) < 4.78 is 0. The van der Waals surface area contributed by atoms with E-state index in [0.29, 0.717) is 0 Å². The molecule has 0 saturated heterocycles. The van der Waals surface area contributed by atoms with Crippen LogP contribution in [0.3, 0.4) is 0 Å². The molecule has 0 spiro atoms. The minimum absolute atomic E-state index is 0.0870. The number of carboxylic acids is 2. The average Bonchev–Trinajstić information content (AvgIpc) is 2.71. The SMILES string of the molecule is CC(O)C(N)C(=O)NC(CO)C(=O)NC(CC(=O)O)C(=O)NC(CCCN=C(N)N)C(=O)O. The Morgan fingerprint density at radius 1 is 0.909 bits per heavy atom. The Morgan fingerprint density at radius 3 is 1.88 bits per heavy atom. The molecule has 0 aliphatic heterocycles. The van der Waals surface area contributed by atoms with E-state index in [-0.39, 0.29) is 25.3 Å². The molecule has 0 aromatic heterocycles. The van der Waals surface area contributed by atoms with Crippen molar-refractivity contribution in [1.29, 1.82) is 0 Å². The Balaban J connectivity index is 5.27. The molecule has 0 heterocycles. The smallest absolute Gasteiger partial charge is 0.326 e. The second-order valence-corrected chi connectivity index (χ2v) is 7.02. The molecule has 0 fully saturated rings. The third kappa shape index (κ3) is 11.6. The van der Waals surface area contributed by atoms with Gasteiger partial charge in [-0.3, -0.25) is 24.2 Å². The summed E-state index contributed by atoms with van der Waals surface area (Å²) in [7, 11) is 0. The maximum atomic E-state index is 12.5. The molecular weight excluding hydrogens is 446 g/mol. The van der Waals surface area contributed by atoms with E-state index in [1.54, 1.807) is 0 Å². The zero-order chi connectivity index (χ0) is 25.7. The monoisotopic (exact) mass is 477 g/mol. The van der Waals surface area contributed by atoms with E-state index in [0.717, 1.165) is 0 Å². The molecule has 0 radical (unpaired) electrons. The van der Waals surface area contributed by atoms with Gasteiger partial charge in [-0.25, -0.2) is 4.79 Å². The maximum absolute atomic E-state index is 12.5. The lowest BCUT2D eigenvalue weighted by Gasteiger charge is -2.24. The predicted octanol–water partition coefficient (Wildman–Crippen LogP) is -5.25. The maximum Gasteiger partial charge on any atom is 0.326 e. The van der Waals surface area contributed by atoms with Gasteiger partial charge in [0, 0.05) is 6.54 Å². The summed E-state index contributed by atoms with van der Waals surface area (Å²) in [6.45, 7) is 0.374. The number of nitrogens with zero attached hydrogens (tertiary/aromatic N) is 1. The Labute approximate surface area is 188 Å². The van der Waals surface area contributed by atoms with Crippen LogP contribution in [0.1, 0.15) is 26.2 Å². The highest BCUT2D eigenvalue weighted by Gasteiger charge is 2.31. The molecule has 0 bridgehead atoms. The third-order valence-corrected chi connectivity index (χ3v) is 4.21. The van der Waals surface area contributed by atoms with E-state index in [4.69, 9.17) is 22.3 Å². The summed E-state index contributed by atoms with van der Waals surface area (Å²) in [5, 5.41) is 43.2. The van der Waals surface area contributed by atoms with Crippen LogP contribution in [0, 0.1) is 0 Å². The van der Waals surface area contributed by atoms with Crippen LogP contribution in [-0.4, -0.2) is 99.5 Å². The van der Waals surface area contributed by atoms with Crippen LogP contribution in [0.4, 0.5) is 0 Å². The van der Waals surface area contributed by atoms with Crippen LogP contribution in [0.15, 0.2) is 4.99 Å². The molecule has 0 aliphatic carbocycles. The first-order valence-electron chi connectivity index (χ1n) is 9.75. The first-order valence-corrected chi connectivity index (χ1v) is 9.75. The molecule has 188 valence electrons. The largest absolute Gasteiger partial charge is 0.481 e. The zero-order valence-corrected chi connectivity index (χ0v) is 17.9. The summed E-state index contributed by atoms with van der Waals surface area (Å²) in [4.78, 5) is 63.0. The van der Waals surface area contributed by atoms with Crippen LogP contribution in [0.5, 0.6) is 0 Å². The molecule has 0 aliphatic rings. The summed E-state index contributed by atoms with van der Waals surface area (Å²) in [5.41, 5.74) is 15.8. The molecule has 0 saturated carbocycles. The van der Waals surface area contributed by atoms with E-state index < -0.39 is 73.0 Å². The van der Waals surface area contributed by atoms with Gasteiger partial charge in [0.15, 0.2) is 5.96 Å². The van der Waals surface area contributed by atoms with Gasteiger partial charge in [0.1, 0.15) is 24.2 Å². The van der Waals surface area contributed by atoms with E-state index in [9.17, 15) is 39.3 Å². The molecule has 13 N–H and O–H groups in total. The number of carbonyl (C=O) groups is 5. The lowest BCUT2D eigenvalue weighted by molar-refractivity contribution is -0.144. The lowest BCUT2D eigenvalue weighted by Crippen LogP contribution is -2.59. The highest BCUT2D eigenvalue weighted by atomic mass is 16.4. The minimum atomic E-state index is -1.73. The number of carboxylic acid groups (broad SMARTS) is 2. The van der Waals surface area contributed by atoms with Crippen molar-refractivity contribution in [3.05, 3.63) is 0 Å². The number of aliphatic hydroxyl groups is 2. The molecule has 16 heteroatoms. The number of rotatable bonds is 15. The Bertz CT molecular complexity index is 740. The number of hydrogen-bond acceptors (Lipinski definition) is 9. The van der Waals surface area contributed by atoms with Gasteiger partial charge >= 0.3 is 11.9 Å². The van der Waals surface area contributed by atoms with Crippen molar-refractivity contribution in [2.24, 2.45) is 22.2 Å². The Hall–Kier alpha value is -3.50. The van der Waals surface area contributed by atoms with Gasteiger partial charge in [-0.2, -0.15) is 0 Å². The quantitative estimate of drug-likeness (QED) is 0.0601. The van der Waals surface area contributed by atoms with E-state index in [1.807, 2.05) is 5.32 Å². The highest BCUT2D eigenvalue weighted by molar-refractivity contribution is 5.95. The molecule has 33 heavy (non-hydrogen) atoms. The average molecular weight is 477 g/mol. The van der Waals surface area contributed by atoms with Crippen molar-refractivity contribution >= 4 is 35.6 Å².